The Morgan fingerprint density at radius 3 is 2.15 bits per heavy atom. The van der Waals surface area contributed by atoms with Crippen LogP contribution in [0.2, 0.25) is 10.0 Å². The second-order valence-corrected chi connectivity index (χ2v) is 13.1. The van der Waals surface area contributed by atoms with Crippen LogP contribution < -0.4 is 9.62 Å². The van der Waals surface area contributed by atoms with Gasteiger partial charge in [0.1, 0.15) is 12.6 Å². The average Bonchev–Trinajstić information content (AvgIpc) is 2.89. The van der Waals surface area contributed by atoms with Crippen molar-refractivity contribution >= 4 is 66.7 Å². The third-order valence-corrected chi connectivity index (χ3v) is 8.29. The molecule has 1 atom stereocenters. The monoisotopic (exact) mass is 667 g/mol. The van der Waals surface area contributed by atoms with Crippen LogP contribution in [0.3, 0.4) is 0 Å². The molecule has 0 aliphatic rings. The van der Waals surface area contributed by atoms with Crippen LogP contribution in [0.25, 0.3) is 0 Å². The van der Waals surface area contributed by atoms with Gasteiger partial charge >= 0.3 is 0 Å². The van der Waals surface area contributed by atoms with Crippen molar-refractivity contribution in [2.45, 2.75) is 38.8 Å². The summed E-state index contributed by atoms with van der Waals surface area (Å²) in [7, 11) is -3.92. The molecule has 0 saturated heterocycles. The van der Waals surface area contributed by atoms with E-state index >= 15 is 0 Å². The fraction of sp³-hybridized carbons (Fsp3) is 0.310. The van der Waals surface area contributed by atoms with Crippen LogP contribution in [0.5, 0.6) is 0 Å². The van der Waals surface area contributed by atoms with Gasteiger partial charge in [0.25, 0.3) is 0 Å². The number of benzene rings is 3. The molecule has 0 radical (unpaired) electrons. The lowest BCUT2D eigenvalue weighted by Crippen LogP contribution is -2.53. The summed E-state index contributed by atoms with van der Waals surface area (Å²) < 4.78 is 27.5. The molecule has 0 aliphatic heterocycles. The number of rotatable bonds is 13. The van der Waals surface area contributed by atoms with Crippen molar-refractivity contribution in [1.82, 2.24) is 10.2 Å². The number of carbonyl (C=O) groups excluding carboxylic acids is 2. The SMILES string of the molecule is CCCCNC(=O)C(Cc1ccccc1)N(Cc1ccc(Br)cc1)C(=O)CN(c1cc(Cl)cc(Cl)c1)S(C)(=O)=O. The van der Waals surface area contributed by atoms with Gasteiger partial charge in [0.2, 0.25) is 21.8 Å². The summed E-state index contributed by atoms with van der Waals surface area (Å²) >= 11 is 15.7. The van der Waals surface area contributed by atoms with Gasteiger partial charge in [0, 0.05) is 34.0 Å². The van der Waals surface area contributed by atoms with E-state index in [1.54, 1.807) is 0 Å². The van der Waals surface area contributed by atoms with Gasteiger partial charge in [-0.2, -0.15) is 0 Å². The molecule has 3 rings (SSSR count). The summed E-state index contributed by atoms with van der Waals surface area (Å²) in [6.45, 7) is 2.05. The maximum atomic E-state index is 14.0. The smallest absolute Gasteiger partial charge is 0.244 e. The number of unbranched alkanes of at least 4 members (excludes halogenated alkanes) is 1. The maximum Gasteiger partial charge on any atom is 0.244 e. The Morgan fingerprint density at radius 2 is 1.57 bits per heavy atom. The minimum atomic E-state index is -3.92. The molecule has 1 N–H and O–H groups in total. The Balaban J connectivity index is 2.04. The Labute approximate surface area is 254 Å². The van der Waals surface area contributed by atoms with Crippen molar-refractivity contribution in [3.05, 3.63) is 98.4 Å². The second kappa shape index (κ2) is 14.9. The number of halogens is 3. The minimum absolute atomic E-state index is 0.0959. The van der Waals surface area contributed by atoms with E-state index in [2.05, 4.69) is 21.2 Å². The molecule has 3 aromatic rings. The number of hydrogen-bond donors (Lipinski definition) is 1. The molecule has 0 aliphatic carbocycles. The number of anilines is 1. The molecular weight excluding hydrogens is 637 g/mol. The molecule has 0 heterocycles. The molecule has 0 saturated carbocycles. The topological polar surface area (TPSA) is 86.8 Å². The van der Waals surface area contributed by atoms with Crippen LogP contribution in [0, 0.1) is 0 Å². The number of sulfonamides is 1. The lowest BCUT2D eigenvalue weighted by atomic mass is 10.0. The fourth-order valence-corrected chi connectivity index (χ4v) is 5.76. The van der Waals surface area contributed by atoms with Crippen molar-refractivity contribution in [2.75, 3.05) is 23.7 Å². The minimum Gasteiger partial charge on any atom is -0.354 e. The van der Waals surface area contributed by atoms with Crippen molar-refractivity contribution in [3.63, 3.8) is 0 Å². The predicted molar refractivity (Wildman–Crippen MR) is 165 cm³/mol. The highest BCUT2D eigenvalue weighted by Crippen LogP contribution is 2.27. The number of amides is 2. The first-order chi connectivity index (χ1) is 19.0. The van der Waals surface area contributed by atoms with Crippen molar-refractivity contribution in [3.8, 4) is 0 Å². The fourth-order valence-electron chi connectivity index (χ4n) is 4.14. The standard InChI is InChI=1S/C29H32BrCl2N3O4S/c1-3-4-14-33-29(37)27(15-21-8-6-5-7-9-21)34(19-22-10-12-23(30)13-11-22)28(36)20-35(40(2,38)39)26-17-24(31)16-25(32)18-26/h5-13,16-18,27H,3-4,14-15,19-20H2,1-2H3,(H,33,37). The van der Waals surface area contributed by atoms with Gasteiger partial charge in [-0.25, -0.2) is 8.42 Å². The first-order valence-corrected chi connectivity index (χ1v) is 16.2. The van der Waals surface area contributed by atoms with E-state index in [0.717, 1.165) is 39.0 Å². The molecule has 0 bridgehead atoms. The van der Waals surface area contributed by atoms with Gasteiger partial charge in [-0.05, 0) is 47.9 Å². The van der Waals surface area contributed by atoms with Crippen LogP contribution in [0.15, 0.2) is 77.3 Å². The third-order valence-electron chi connectivity index (χ3n) is 6.18. The van der Waals surface area contributed by atoms with Crippen LogP contribution in [-0.2, 0) is 32.6 Å². The van der Waals surface area contributed by atoms with Crippen LogP contribution in [-0.4, -0.2) is 50.5 Å². The summed E-state index contributed by atoms with van der Waals surface area (Å²) in [4.78, 5) is 29.1. The zero-order chi connectivity index (χ0) is 29.3. The van der Waals surface area contributed by atoms with E-state index in [1.165, 1.54) is 23.1 Å². The van der Waals surface area contributed by atoms with Gasteiger partial charge in [-0.15, -0.1) is 0 Å². The summed E-state index contributed by atoms with van der Waals surface area (Å²) in [5, 5.41) is 3.42. The van der Waals surface area contributed by atoms with E-state index in [0.29, 0.717) is 6.54 Å². The molecule has 1 unspecified atom stereocenters. The number of hydrogen-bond acceptors (Lipinski definition) is 4. The Morgan fingerprint density at radius 1 is 0.950 bits per heavy atom. The third kappa shape index (κ3) is 9.51. The van der Waals surface area contributed by atoms with E-state index in [4.69, 9.17) is 23.2 Å². The van der Waals surface area contributed by atoms with E-state index in [1.807, 2.05) is 61.5 Å². The largest absolute Gasteiger partial charge is 0.354 e. The summed E-state index contributed by atoms with van der Waals surface area (Å²) in [5.41, 5.74) is 1.81. The zero-order valence-electron chi connectivity index (χ0n) is 22.3. The van der Waals surface area contributed by atoms with Gasteiger partial charge in [0.15, 0.2) is 0 Å². The van der Waals surface area contributed by atoms with Gasteiger partial charge in [-0.3, -0.25) is 13.9 Å². The lowest BCUT2D eigenvalue weighted by Gasteiger charge is -2.33. The van der Waals surface area contributed by atoms with Crippen molar-refractivity contribution in [2.24, 2.45) is 0 Å². The van der Waals surface area contributed by atoms with Crippen molar-refractivity contribution < 1.29 is 18.0 Å². The second-order valence-electron chi connectivity index (χ2n) is 9.40. The Kier molecular flexibility index (Phi) is 11.9. The lowest BCUT2D eigenvalue weighted by molar-refractivity contribution is -0.140. The number of nitrogens with zero attached hydrogens (tertiary/aromatic N) is 2. The quantitative estimate of drug-likeness (QED) is 0.224. The molecule has 0 spiro atoms. The zero-order valence-corrected chi connectivity index (χ0v) is 26.2. The molecular formula is C29H32BrCl2N3O4S. The van der Waals surface area contributed by atoms with E-state index in [-0.39, 0.29) is 34.6 Å². The van der Waals surface area contributed by atoms with Gasteiger partial charge in [-0.1, -0.05) is 94.9 Å². The molecule has 2 amide bonds. The highest BCUT2D eigenvalue weighted by molar-refractivity contribution is 9.10. The summed E-state index contributed by atoms with van der Waals surface area (Å²) in [6, 6.07) is 20.3. The van der Waals surface area contributed by atoms with Crippen molar-refractivity contribution in [1.29, 1.82) is 0 Å². The van der Waals surface area contributed by atoms with E-state index in [9.17, 15) is 18.0 Å². The molecule has 0 aromatic heterocycles. The predicted octanol–water partition coefficient (Wildman–Crippen LogP) is 6.08. The number of nitrogens with one attached hydrogen (secondary N) is 1. The van der Waals surface area contributed by atoms with Crippen LogP contribution >= 0.6 is 39.1 Å². The first-order valence-electron chi connectivity index (χ1n) is 12.8. The Bertz CT molecular complexity index is 1390. The first kappa shape index (κ1) is 31.9. The Hall–Kier alpha value is -2.59. The summed E-state index contributed by atoms with van der Waals surface area (Å²) in [5.74, 6) is -0.851. The number of carbonyl (C=O) groups is 2. The van der Waals surface area contributed by atoms with Gasteiger partial charge < -0.3 is 10.2 Å². The average molecular weight is 669 g/mol. The van der Waals surface area contributed by atoms with Crippen LogP contribution in [0.4, 0.5) is 5.69 Å². The van der Waals surface area contributed by atoms with E-state index < -0.39 is 28.5 Å². The summed E-state index contributed by atoms with van der Waals surface area (Å²) in [6.07, 6.45) is 2.95. The molecule has 3 aromatic carbocycles. The highest BCUT2D eigenvalue weighted by atomic mass is 79.9. The molecule has 7 nitrogen and oxygen atoms in total. The molecule has 0 fully saturated rings. The maximum absolute atomic E-state index is 14.0. The van der Waals surface area contributed by atoms with Gasteiger partial charge in [0.05, 0.1) is 11.9 Å². The normalized spacial score (nSPS) is 12.0. The van der Waals surface area contributed by atoms with Crippen LogP contribution in [0.1, 0.15) is 30.9 Å². The molecule has 214 valence electrons. The molecule has 40 heavy (non-hydrogen) atoms. The highest BCUT2D eigenvalue weighted by Gasteiger charge is 2.33. The molecule has 11 heteroatoms.